The van der Waals surface area contributed by atoms with Gasteiger partial charge in [-0.2, -0.15) is 0 Å². The molecule has 1 saturated carbocycles. The van der Waals surface area contributed by atoms with Crippen molar-refractivity contribution in [2.75, 3.05) is 0 Å². The number of phenols is 1. The molecule has 1 aromatic carbocycles. The van der Waals surface area contributed by atoms with Crippen LogP contribution in [0.25, 0.3) is 6.08 Å². The lowest BCUT2D eigenvalue weighted by Gasteiger charge is -2.59. The summed E-state index contributed by atoms with van der Waals surface area (Å²) in [4.78, 5) is 0. The zero-order chi connectivity index (χ0) is 20.3. The summed E-state index contributed by atoms with van der Waals surface area (Å²) in [6.07, 6.45) is 5.71. The first-order valence-corrected chi connectivity index (χ1v) is 10.6. The Labute approximate surface area is 167 Å². The van der Waals surface area contributed by atoms with Gasteiger partial charge in [-0.3, -0.25) is 0 Å². The highest BCUT2D eigenvalue weighted by Gasteiger charge is 2.74. The van der Waals surface area contributed by atoms with E-state index in [9.17, 15) is 10.2 Å². The molecule has 1 aromatic rings. The monoisotopic (exact) mass is 384 g/mol. The summed E-state index contributed by atoms with van der Waals surface area (Å²) in [6, 6.07) is 3.80. The molecule has 2 saturated heterocycles. The number of hydrogen-bond donors (Lipinski definition) is 2. The lowest BCUT2D eigenvalue weighted by Crippen LogP contribution is -2.64. The second-order valence-corrected chi connectivity index (χ2v) is 10.3. The average Bonchev–Trinajstić information content (AvgIpc) is 2.96. The lowest BCUT2D eigenvalue weighted by molar-refractivity contribution is -0.382. The van der Waals surface area contributed by atoms with Gasteiger partial charge in [-0.25, -0.2) is 0 Å². The molecule has 2 N–H and O–H groups in total. The van der Waals surface area contributed by atoms with Gasteiger partial charge in [0.15, 0.2) is 5.79 Å². The van der Waals surface area contributed by atoms with Crippen molar-refractivity contribution in [1.29, 1.82) is 0 Å². The van der Waals surface area contributed by atoms with Gasteiger partial charge in [-0.05, 0) is 62.3 Å². The van der Waals surface area contributed by atoms with E-state index < -0.39 is 23.1 Å². The van der Waals surface area contributed by atoms with Crippen molar-refractivity contribution in [3.63, 3.8) is 0 Å². The molecular formula is C24H32O4. The molecule has 2 aliphatic heterocycles. The molecular weight excluding hydrogens is 352 g/mol. The summed E-state index contributed by atoms with van der Waals surface area (Å²) >= 11 is 0. The van der Waals surface area contributed by atoms with Gasteiger partial charge in [0.25, 0.3) is 0 Å². The second kappa shape index (κ2) is 5.21. The zero-order valence-electron chi connectivity index (χ0n) is 17.7. The minimum Gasteiger partial charge on any atom is -0.508 e. The number of aromatic hydroxyl groups is 1. The molecule has 152 valence electrons. The minimum atomic E-state index is -1.00. The van der Waals surface area contributed by atoms with Crippen LogP contribution in [0.1, 0.15) is 64.2 Å². The van der Waals surface area contributed by atoms with Gasteiger partial charge in [-0.15, -0.1) is 0 Å². The summed E-state index contributed by atoms with van der Waals surface area (Å²) in [5.41, 5.74) is 1.89. The Morgan fingerprint density at radius 1 is 1.07 bits per heavy atom. The molecule has 7 atom stereocenters. The van der Waals surface area contributed by atoms with Gasteiger partial charge in [-0.1, -0.05) is 39.0 Å². The van der Waals surface area contributed by atoms with Crippen LogP contribution in [0.4, 0.5) is 0 Å². The van der Waals surface area contributed by atoms with E-state index in [1.807, 2.05) is 13.0 Å². The first-order valence-electron chi connectivity index (χ1n) is 10.6. The fourth-order valence-electron chi connectivity index (χ4n) is 6.82. The third kappa shape index (κ3) is 1.83. The maximum Gasteiger partial charge on any atom is 0.199 e. The third-order valence-electron chi connectivity index (χ3n) is 8.94. The average molecular weight is 385 g/mol. The van der Waals surface area contributed by atoms with Crippen LogP contribution in [-0.2, 0) is 15.1 Å². The van der Waals surface area contributed by atoms with Crippen LogP contribution in [0.3, 0.4) is 0 Å². The van der Waals surface area contributed by atoms with Gasteiger partial charge in [0.1, 0.15) is 17.5 Å². The molecule has 4 heteroatoms. The van der Waals surface area contributed by atoms with E-state index in [1.165, 1.54) is 0 Å². The van der Waals surface area contributed by atoms with E-state index in [1.54, 1.807) is 6.07 Å². The van der Waals surface area contributed by atoms with Crippen molar-refractivity contribution < 1.29 is 19.7 Å². The second-order valence-electron chi connectivity index (χ2n) is 10.3. The first-order chi connectivity index (χ1) is 13.0. The number of benzene rings is 1. The molecule has 4 aliphatic rings. The van der Waals surface area contributed by atoms with Gasteiger partial charge < -0.3 is 19.7 Å². The highest BCUT2D eigenvalue weighted by atomic mass is 16.7. The zero-order valence-corrected chi connectivity index (χ0v) is 17.7. The number of aliphatic hydroxyl groups excluding tert-OH is 1. The molecule has 1 spiro atoms. The van der Waals surface area contributed by atoms with E-state index in [4.69, 9.17) is 9.47 Å². The molecule has 28 heavy (non-hydrogen) atoms. The van der Waals surface area contributed by atoms with Gasteiger partial charge >= 0.3 is 0 Å². The van der Waals surface area contributed by atoms with Crippen LogP contribution in [0.2, 0.25) is 0 Å². The SMILES string of the molecule is Cc1c(O)ccc2c1C=CC1(C)[C@@H]3CC[C@]21O[C@]1(OC(C)(C)[C@@H](C)[C@H]1O)[C@H]3C. The van der Waals surface area contributed by atoms with Crippen LogP contribution in [0.5, 0.6) is 5.75 Å². The Morgan fingerprint density at radius 3 is 2.43 bits per heavy atom. The number of rotatable bonds is 0. The molecule has 5 rings (SSSR count). The van der Waals surface area contributed by atoms with Gasteiger partial charge in [0.05, 0.1) is 5.60 Å². The van der Waals surface area contributed by atoms with E-state index in [-0.39, 0.29) is 17.3 Å². The highest BCUT2D eigenvalue weighted by molar-refractivity contribution is 5.67. The first kappa shape index (κ1) is 18.7. The van der Waals surface area contributed by atoms with E-state index >= 15 is 0 Å². The molecule has 2 heterocycles. The van der Waals surface area contributed by atoms with Crippen molar-refractivity contribution in [2.45, 2.75) is 77.5 Å². The standard InChI is InChI=1S/C24H32O4/c1-13-16-9-11-22(6)17-10-12-23(22,18(16)7-8-19(13)25)28-24(14(17)2)20(26)15(3)21(4,5)27-24/h7-9,11,14-15,17,20,25-26H,10,12H2,1-6H3/t14-,15-,17+,20+,22?,23-,24+/m0/s1. The molecule has 1 unspecified atom stereocenters. The Bertz CT molecular complexity index is 889. The van der Waals surface area contributed by atoms with Crippen LogP contribution in [-0.4, -0.2) is 27.7 Å². The molecule has 2 bridgehead atoms. The van der Waals surface area contributed by atoms with E-state index in [0.29, 0.717) is 11.7 Å². The third-order valence-corrected chi connectivity index (χ3v) is 8.94. The van der Waals surface area contributed by atoms with Crippen molar-refractivity contribution >= 4 is 6.08 Å². The fourth-order valence-corrected chi connectivity index (χ4v) is 6.82. The van der Waals surface area contributed by atoms with Crippen LogP contribution >= 0.6 is 0 Å². The molecule has 0 aromatic heterocycles. The van der Waals surface area contributed by atoms with Crippen molar-refractivity contribution in [2.24, 2.45) is 23.2 Å². The number of fused-ring (bicyclic) bond motifs is 1. The summed E-state index contributed by atoms with van der Waals surface area (Å²) in [7, 11) is 0. The van der Waals surface area contributed by atoms with E-state index in [2.05, 4.69) is 46.8 Å². The number of aliphatic hydroxyl groups is 1. The molecule has 4 nitrogen and oxygen atoms in total. The molecule has 2 aliphatic carbocycles. The Morgan fingerprint density at radius 2 is 1.79 bits per heavy atom. The molecule has 0 amide bonds. The summed E-state index contributed by atoms with van der Waals surface area (Å²) in [5, 5.41) is 21.6. The molecule has 3 fully saturated rings. The minimum absolute atomic E-state index is 0.0183. The van der Waals surface area contributed by atoms with Crippen molar-refractivity contribution in [1.82, 2.24) is 0 Å². The predicted octanol–water partition coefficient (Wildman–Crippen LogP) is 4.51. The largest absolute Gasteiger partial charge is 0.508 e. The molecule has 0 radical (unpaired) electrons. The summed E-state index contributed by atoms with van der Waals surface area (Å²) < 4.78 is 13.7. The number of ether oxygens (including phenoxy) is 2. The van der Waals surface area contributed by atoms with Gasteiger partial charge in [0.2, 0.25) is 0 Å². The smallest absolute Gasteiger partial charge is 0.199 e. The number of phenolic OH excluding ortho intramolecular Hbond substituents is 1. The highest BCUT2D eigenvalue weighted by Crippen LogP contribution is 2.71. The van der Waals surface area contributed by atoms with Crippen molar-refractivity contribution in [3.8, 4) is 5.75 Å². The van der Waals surface area contributed by atoms with Gasteiger partial charge in [0, 0.05) is 17.3 Å². The summed E-state index contributed by atoms with van der Waals surface area (Å²) in [6.45, 7) is 12.6. The van der Waals surface area contributed by atoms with Crippen LogP contribution < -0.4 is 0 Å². The maximum atomic E-state index is 11.4. The quantitative estimate of drug-likeness (QED) is 0.691. The van der Waals surface area contributed by atoms with Crippen LogP contribution in [0, 0.1) is 30.1 Å². The van der Waals surface area contributed by atoms with Crippen LogP contribution in [0.15, 0.2) is 18.2 Å². The Hall–Kier alpha value is -1.36. The fraction of sp³-hybridized carbons (Fsp3) is 0.667. The normalized spacial score (nSPS) is 48.0. The maximum absolute atomic E-state index is 11.4. The lowest BCUT2D eigenvalue weighted by atomic mass is 9.57. The van der Waals surface area contributed by atoms with E-state index in [0.717, 1.165) is 29.5 Å². The summed E-state index contributed by atoms with van der Waals surface area (Å²) in [5.74, 6) is -0.274. The topological polar surface area (TPSA) is 58.9 Å². The Balaban J connectivity index is 1.74. The Kier molecular flexibility index (Phi) is 3.47. The van der Waals surface area contributed by atoms with Crippen molar-refractivity contribution in [3.05, 3.63) is 34.9 Å². The predicted molar refractivity (Wildman–Crippen MR) is 108 cm³/mol. The number of hydrogen-bond acceptors (Lipinski definition) is 4.